The molecule has 5 rings (SSSR count). The number of carbonyl (C=O) groups is 1. The average Bonchev–Trinajstić information content (AvgIpc) is 3.25. The Balaban J connectivity index is 1.17. The molecule has 0 amide bonds. The number of ether oxygens (including phenoxy) is 1. The molecule has 0 radical (unpaired) electrons. The molecule has 7 nitrogen and oxygen atoms in total. The summed E-state index contributed by atoms with van der Waals surface area (Å²) in [5, 5.41) is 0.608. The number of carbonyl (C=O) groups excluding carboxylic acids is 1. The van der Waals surface area contributed by atoms with Crippen molar-refractivity contribution in [1.29, 1.82) is 0 Å². The predicted octanol–water partition coefficient (Wildman–Crippen LogP) is 4.55. The van der Waals surface area contributed by atoms with Crippen LogP contribution in [0.5, 0.6) is 5.75 Å². The minimum atomic E-state index is -0.499. The highest BCUT2D eigenvalue weighted by molar-refractivity contribution is 7.15. The van der Waals surface area contributed by atoms with Crippen molar-refractivity contribution in [3.05, 3.63) is 46.7 Å². The number of hydroxylamine groups is 1. The molecule has 2 fully saturated rings. The van der Waals surface area contributed by atoms with E-state index in [1.807, 2.05) is 12.3 Å². The van der Waals surface area contributed by atoms with Gasteiger partial charge < -0.3 is 10.5 Å². The molecule has 3 aliphatic rings. The zero-order valence-corrected chi connectivity index (χ0v) is 20.9. The lowest BCUT2D eigenvalue weighted by Crippen LogP contribution is -2.43. The van der Waals surface area contributed by atoms with Gasteiger partial charge in [0, 0.05) is 42.1 Å². The quantitative estimate of drug-likeness (QED) is 0.539. The average molecular weight is 501 g/mol. The summed E-state index contributed by atoms with van der Waals surface area (Å²) in [5.74, 6) is 1.18. The normalized spacial score (nSPS) is 26.6. The lowest BCUT2D eigenvalue weighted by molar-refractivity contribution is -0.126. The van der Waals surface area contributed by atoms with Gasteiger partial charge in [-0.3, -0.25) is 20.0 Å². The summed E-state index contributed by atoms with van der Waals surface area (Å²) >= 11 is 1.54. The molecule has 1 atom stereocenters. The third kappa shape index (κ3) is 5.52. The second-order valence-electron chi connectivity index (χ2n) is 10.0. The van der Waals surface area contributed by atoms with Crippen LogP contribution in [-0.2, 0) is 16.2 Å². The van der Waals surface area contributed by atoms with E-state index in [9.17, 15) is 9.18 Å². The van der Waals surface area contributed by atoms with Crippen LogP contribution < -0.4 is 16.0 Å². The first-order valence-corrected chi connectivity index (χ1v) is 13.2. The number of anilines is 1. The number of aromatic nitrogens is 1. The monoisotopic (exact) mass is 500 g/mol. The van der Waals surface area contributed by atoms with Crippen LogP contribution in [0.2, 0.25) is 0 Å². The SMILES string of the molecule is CONC1=CC2(CCC(C(=O)C[C@@H]3CCCN(Cc4cnc(N)s4)C3)CC2)Oc2ccc(F)cc21. The molecule has 3 N–H and O–H groups in total. The minimum absolute atomic E-state index is 0.0720. The number of halogens is 1. The molecule has 0 unspecified atom stereocenters. The van der Waals surface area contributed by atoms with Gasteiger partial charge in [0.1, 0.15) is 23.0 Å². The summed E-state index contributed by atoms with van der Waals surface area (Å²) < 4.78 is 20.2. The zero-order valence-electron chi connectivity index (χ0n) is 20.1. The first kappa shape index (κ1) is 24.2. The van der Waals surface area contributed by atoms with E-state index in [1.54, 1.807) is 17.4 Å². The second kappa shape index (κ2) is 10.2. The number of ketones is 1. The van der Waals surface area contributed by atoms with Crippen molar-refractivity contribution in [3.8, 4) is 5.75 Å². The van der Waals surface area contributed by atoms with E-state index >= 15 is 0 Å². The Morgan fingerprint density at radius 2 is 2.20 bits per heavy atom. The Hall–Kier alpha value is -2.49. The number of nitrogens with zero attached hydrogens (tertiary/aromatic N) is 2. The maximum Gasteiger partial charge on any atom is 0.180 e. The predicted molar refractivity (Wildman–Crippen MR) is 134 cm³/mol. The van der Waals surface area contributed by atoms with Crippen molar-refractivity contribution < 1.29 is 18.8 Å². The first-order valence-electron chi connectivity index (χ1n) is 12.4. The molecule has 2 aromatic rings. The Morgan fingerprint density at radius 3 is 2.94 bits per heavy atom. The third-order valence-corrected chi connectivity index (χ3v) is 8.31. The van der Waals surface area contributed by atoms with Crippen LogP contribution in [0.3, 0.4) is 0 Å². The topological polar surface area (TPSA) is 89.7 Å². The minimum Gasteiger partial charge on any atom is -0.482 e. The van der Waals surface area contributed by atoms with E-state index in [2.05, 4.69) is 15.4 Å². The van der Waals surface area contributed by atoms with E-state index in [0.29, 0.717) is 40.3 Å². The summed E-state index contributed by atoms with van der Waals surface area (Å²) in [5.41, 5.74) is 9.52. The number of fused-ring (bicyclic) bond motifs is 1. The summed E-state index contributed by atoms with van der Waals surface area (Å²) in [7, 11) is 1.54. The van der Waals surface area contributed by atoms with Gasteiger partial charge in [0.15, 0.2) is 5.13 Å². The summed E-state index contributed by atoms with van der Waals surface area (Å²) in [6.07, 6.45) is 9.82. The Morgan fingerprint density at radius 1 is 1.37 bits per heavy atom. The number of likely N-dealkylation sites (tertiary alicyclic amines) is 1. The van der Waals surface area contributed by atoms with Gasteiger partial charge in [-0.25, -0.2) is 9.37 Å². The molecule has 1 aromatic heterocycles. The van der Waals surface area contributed by atoms with E-state index in [-0.39, 0.29) is 11.7 Å². The van der Waals surface area contributed by atoms with Crippen molar-refractivity contribution >= 4 is 27.9 Å². The number of hydrogen-bond donors (Lipinski definition) is 2. The van der Waals surface area contributed by atoms with Crippen LogP contribution in [-0.4, -0.2) is 41.5 Å². The Kier molecular flexibility index (Phi) is 7.09. The van der Waals surface area contributed by atoms with Gasteiger partial charge >= 0.3 is 0 Å². The van der Waals surface area contributed by atoms with Crippen LogP contribution in [0.15, 0.2) is 30.5 Å². The fourth-order valence-corrected chi connectivity index (χ4v) is 6.52. The molecule has 35 heavy (non-hydrogen) atoms. The summed E-state index contributed by atoms with van der Waals surface area (Å²) in [6.45, 7) is 2.87. The van der Waals surface area contributed by atoms with Crippen LogP contribution in [0.25, 0.3) is 5.70 Å². The molecule has 2 aliphatic heterocycles. The standard InChI is InChI=1S/C26H33FN4O3S/c1-33-30-22-13-26(34-24-5-4-19(27)12-21(22)24)8-6-18(7-9-26)23(32)11-17-3-2-10-31(15-17)16-20-14-29-25(28)35-20/h4-5,12-14,17-18,30H,2-3,6-11,15-16H2,1H3,(H2,28,29)/t17-,18?,26?/m0/s1. The van der Waals surface area contributed by atoms with Gasteiger partial charge in [-0.15, -0.1) is 11.3 Å². The van der Waals surface area contributed by atoms with Gasteiger partial charge in [-0.1, -0.05) is 0 Å². The van der Waals surface area contributed by atoms with Crippen molar-refractivity contribution in [2.45, 2.75) is 57.1 Å². The molecular formula is C26H33FN4O3S. The van der Waals surface area contributed by atoms with Gasteiger partial charge in [-0.2, -0.15) is 0 Å². The van der Waals surface area contributed by atoms with Gasteiger partial charge in [-0.05, 0) is 75.3 Å². The molecule has 1 aromatic carbocycles. The molecule has 9 heteroatoms. The number of nitrogens with two attached hydrogens (primary N) is 1. The van der Waals surface area contributed by atoms with Gasteiger partial charge in [0.2, 0.25) is 0 Å². The van der Waals surface area contributed by atoms with Crippen molar-refractivity contribution in [2.24, 2.45) is 11.8 Å². The lowest BCUT2D eigenvalue weighted by atomic mass is 9.74. The van der Waals surface area contributed by atoms with E-state index in [0.717, 1.165) is 58.2 Å². The van der Waals surface area contributed by atoms with Crippen LogP contribution in [0.1, 0.15) is 55.4 Å². The first-order chi connectivity index (χ1) is 16.9. The van der Waals surface area contributed by atoms with E-state index < -0.39 is 5.60 Å². The van der Waals surface area contributed by atoms with Crippen LogP contribution in [0.4, 0.5) is 9.52 Å². The van der Waals surface area contributed by atoms with E-state index in [4.69, 9.17) is 15.3 Å². The number of Topliss-reactive ketones (excluding diaryl/α,β-unsaturated/α-hetero) is 1. The largest absolute Gasteiger partial charge is 0.482 e. The molecule has 1 aliphatic carbocycles. The van der Waals surface area contributed by atoms with Crippen LogP contribution >= 0.6 is 11.3 Å². The number of hydrogen-bond acceptors (Lipinski definition) is 8. The summed E-state index contributed by atoms with van der Waals surface area (Å²) in [6, 6.07) is 4.53. The van der Waals surface area contributed by atoms with Gasteiger partial charge in [0.05, 0.1) is 12.8 Å². The Labute approximate surface area is 209 Å². The van der Waals surface area contributed by atoms with E-state index in [1.165, 1.54) is 24.1 Å². The maximum atomic E-state index is 13.8. The highest BCUT2D eigenvalue weighted by Gasteiger charge is 2.41. The number of benzene rings is 1. The van der Waals surface area contributed by atoms with Crippen molar-refractivity contribution in [2.75, 3.05) is 25.9 Å². The van der Waals surface area contributed by atoms with Gasteiger partial charge in [0.25, 0.3) is 0 Å². The zero-order chi connectivity index (χ0) is 24.4. The molecule has 188 valence electrons. The third-order valence-electron chi connectivity index (χ3n) is 7.50. The molecule has 1 spiro atoms. The van der Waals surface area contributed by atoms with Crippen molar-refractivity contribution in [3.63, 3.8) is 0 Å². The van der Waals surface area contributed by atoms with Crippen LogP contribution in [0, 0.1) is 17.7 Å². The smallest absolute Gasteiger partial charge is 0.180 e. The number of thiazole rings is 1. The molecule has 1 saturated heterocycles. The number of rotatable bonds is 7. The fourth-order valence-electron chi connectivity index (χ4n) is 5.79. The second-order valence-corrected chi connectivity index (χ2v) is 11.2. The molecule has 3 heterocycles. The maximum absolute atomic E-state index is 13.8. The highest BCUT2D eigenvalue weighted by atomic mass is 32.1. The van der Waals surface area contributed by atoms with Crippen molar-refractivity contribution in [1.82, 2.24) is 15.4 Å². The molecule has 0 bridgehead atoms. The Bertz CT molecular complexity index is 1100. The number of nitrogen functional groups attached to an aromatic ring is 1. The lowest BCUT2D eigenvalue weighted by Gasteiger charge is -2.41. The molecule has 1 saturated carbocycles. The fraction of sp³-hybridized carbons (Fsp3) is 0.538. The summed E-state index contributed by atoms with van der Waals surface area (Å²) in [4.78, 5) is 26.1. The number of piperidine rings is 1. The number of nitrogens with one attached hydrogen (secondary N) is 1. The highest BCUT2D eigenvalue weighted by Crippen LogP contribution is 2.44. The molecular weight excluding hydrogens is 467 g/mol.